The van der Waals surface area contributed by atoms with Crippen LogP contribution in [0.4, 0.5) is 0 Å². The summed E-state index contributed by atoms with van der Waals surface area (Å²) in [7, 11) is -3.66. The van der Waals surface area contributed by atoms with Crippen LogP contribution in [0.15, 0.2) is 35.2 Å². The molecule has 166 valence electrons. The first kappa shape index (κ1) is 23.2. The maximum atomic E-state index is 12.9. The van der Waals surface area contributed by atoms with Crippen molar-refractivity contribution >= 4 is 21.8 Å². The molecule has 31 heavy (non-hydrogen) atoms. The predicted octanol–water partition coefficient (Wildman–Crippen LogP) is 4.13. The lowest BCUT2D eigenvalue weighted by molar-refractivity contribution is 0.0473. The summed E-state index contributed by atoms with van der Waals surface area (Å²) in [6.07, 6.45) is 2.69. The van der Waals surface area contributed by atoms with Crippen LogP contribution >= 0.6 is 0 Å². The normalized spacial score (nSPS) is 15.0. The van der Waals surface area contributed by atoms with Gasteiger partial charge < -0.3 is 4.74 Å². The molecule has 1 heterocycles. The van der Waals surface area contributed by atoms with Gasteiger partial charge in [0, 0.05) is 18.7 Å². The van der Waals surface area contributed by atoms with Crippen molar-refractivity contribution < 1.29 is 22.7 Å². The fourth-order valence-electron chi connectivity index (χ4n) is 3.78. The lowest BCUT2D eigenvalue weighted by Gasteiger charge is -2.26. The second-order valence-corrected chi connectivity index (χ2v) is 10.1. The number of rotatable bonds is 6. The highest BCUT2D eigenvalue weighted by molar-refractivity contribution is 7.89. The van der Waals surface area contributed by atoms with E-state index in [0.29, 0.717) is 24.2 Å². The van der Waals surface area contributed by atoms with E-state index in [-0.39, 0.29) is 16.2 Å². The Morgan fingerprint density at radius 1 is 0.839 bits per heavy atom. The Kier molecular flexibility index (Phi) is 6.96. The third-order valence-corrected chi connectivity index (χ3v) is 7.75. The molecule has 1 aliphatic heterocycles. The number of ketones is 1. The van der Waals surface area contributed by atoms with Gasteiger partial charge in [-0.25, -0.2) is 13.2 Å². The predicted molar refractivity (Wildman–Crippen MR) is 119 cm³/mol. The lowest BCUT2D eigenvalue weighted by atomic mass is 9.98. The molecule has 0 saturated carbocycles. The maximum absolute atomic E-state index is 12.9. The zero-order valence-electron chi connectivity index (χ0n) is 18.5. The average molecular weight is 444 g/mol. The minimum absolute atomic E-state index is 0.0725. The van der Waals surface area contributed by atoms with Crippen LogP contribution in [-0.4, -0.2) is 44.2 Å². The Balaban J connectivity index is 1.77. The smallest absolute Gasteiger partial charge is 0.338 e. The molecule has 2 aromatic carbocycles. The molecule has 0 bridgehead atoms. The summed E-state index contributed by atoms with van der Waals surface area (Å²) in [5, 5.41) is 0. The highest BCUT2D eigenvalue weighted by Gasteiger charge is 2.27. The van der Waals surface area contributed by atoms with E-state index in [1.807, 2.05) is 26.8 Å². The molecule has 0 N–H and O–H groups in total. The zero-order chi connectivity index (χ0) is 22.8. The van der Waals surface area contributed by atoms with E-state index >= 15 is 0 Å². The number of Topliss-reactive ketones (excluding diaryl/α,β-unsaturated/α-hetero) is 1. The van der Waals surface area contributed by atoms with E-state index in [1.54, 1.807) is 19.1 Å². The molecule has 2 aromatic rings. The highest BCUT2D eigenvalue weighted by atomic mass is 32.2. The van der Waals surface area contributed by atoms with E-state index in [9.17, 15) is 18.0 Å². The van der Waals surface area contributed by atoms with Gasteiger partial charge in [-0.3, -0.25) is 4.79 Å². The number of esters is 1. The number of benzene rings is 2. The van der Waals surface area contributed by atoms with Crippen LogP contribution in [0.5, 0.6) is 0 Å². The largest absolute Gasteiger partial charge is 0.454 e. The van der Waals surface area contributed by atoms with Crippen LogP contribution in [0.25, 0.3) is 0 Å². The fraction of sp³-hybridized carbons (Fsp3) is 0.417. The van der Waals surface area contributed by atoms with Crippen molar-refractivity contribution in [1.29, 1.82) is 0 Å². The maximum Gasteiger partial charge on any atom is 0.338 e. The van der Waals surface area contributed by atoms with Crippen molar-refractivity contribution in [3.63, 3.8) is 0 Å². The molecule has 0 radical (unpaired) electrons. The number of hydrogen-bond donors (Lipinski definition) is 0. The minimum Gasteiger partial charge on any atom is -0.454 e. The summed E-state index contributed by atoms with van der Waals surface area (Å²) in [5.41, 5.74) is 4.18. The monoisotopic (exact) mass is 443 g/mol. The summed E-state index contributed by atoms with van der Waals surface area (Å²) in [5.74, 6) is -0.994. The van der Waals surface area contributed by atoms with E-state index in [4.69, 9.17) is 4.74 Å². The molecular weight excluding hydrogens is 414 g/mol. The third-order valence-electron chi connectivity index (χ3n) is 5.86. The van der Waals surface area contributed by atoms with Gasteiger partial charge in [-0.2, -0.15) is 4.31 Å². The molecule has 0 unspecified atom stereocenters. The van der Waals surface area contributed by atoms with E-state index in [2.05, 4.69) is 0 Å². The number of carbonyl (C=O) groups excluding carboxylic acids is 2. The van der Waals surface area contributed by atoms with Crippen LogP contribution in [0.2, 0.25) is 0 Å². The standard InChI is InChI=1S/C24H29NO5S/c1-16-8-9-20(31(28,29)25-10-6-5-7-11-25)14-22(16)24(27)30-15-23(26)21-13-18(3)17(2)12-19(21)4/h8-9,12-14H,5-7,10-11,15H2,1-4H3. The van der Waals surface area contributed by atoms with Crippen LogP contribution in [0, 0.1) is 27.7 Å². The first-order chi connectivity index (χ1) is 14.6. The number of hydrogen-bond acceptors (Lipinski definition) is 5. The van der Waals surface area contributed by atoms with Crippen LogP contribution < -0.4 is 0 Å². The molecule has 3 rings (SSSR count). The molecule has 0 spiro atoms. The fourth-order valence-corrected chi connectivity index (χ4v) is 5.33. The first-order valence-electron chi connectivity index (χ1n) is 10.5. The Morgan fingerprint density at radius 2 is 1.48 bits per heavy atom. The van der Waals surface area contributed by atoms with Gasteiger partial charge in [-0.05, 0) is 81.0 Å². The Labute approximate surface area is 184 Å². The van der Waals surface area contributed by atoms with E-state index in [1.165, 1.54) is 16.4 Å². The molecule has 6 nitrogen and oxygen atoms in total. The molecule has 7 heteroatoms. The Bertz CT molecular complexity index is 1120. The highest BCUT2D eigenvalue weighted by Crippen LogP contribution is 2.23. The number of carbonyl (C=O) groups is 2. The summed E-state index contributed by atoms with van der Waals surface area (Å²) in [4.78, 5) is 25.4. The molecule has 1 saturated heterocycles. The van der Waals surface area contributed by atoms with Gasteiger partial charge in [-0.15, -0.1) is 0 Å². The van der Waals surface area contributed by atoms with Crippen LogP contribution in [-0.2, 0) is 14.8 Å². The van der Waals surface area contributed by atoms with E-state index < -0.39 is 22.6 Å². The molecule has 0 amide bonds. The minimum atomic E-state index is -3.66. The van der Waals surface area contributed by atoms with Gasteiger partial charge in [0.25, 0.3) is 0 Å². The average Bonchev–Trinajstić information content (AvgIpc) is 2.75. The summed E-state index contributed by atoms with van der Waals surface area (Å²) < 4.78 is 32.6. The van der Waals surface area contributed by atoms with Crippen molar-refractivity contribution in [2.45, 2.75) is 51.9 Å². The number of nitrogens with zero attached hydrogens (tertiary/aromatic N) is 1. The van der Waals surface area contributed by atoms with Gasteiger partial charge in [0.2, 0.25) is 15.8 Å². The molecule has 0 aliphatic carbocycles. The Morgan fingerprint density at radius 3 is 2.16 bits per heavy atom. The first-order valence-corrected chi connectivity index (χ1v) is 11.9. The SMILES string of the molecule is Cc1cc(C)c(C(=O)COC(=O)c2cc(S(=O)(=O)N3CCCCC3)ccc2C)cc1C. The zero-order valence-corrected chi connectivity index (χ0v) is 19.3. The van der Waals surface area contributed by atoms with Gasteiger partial charge in [0.05, 0.1) is 10.5 Å². The number of sulfonamides is 1. The van der Waals surface area contributed by atoms with Crippen molar-refractivity contribution in [2.75, 3.05) is 19.7 Å². The topological polar surface area (TPSA) is 80.8 Å². The van der Waals surface area contributed by atoms with Gasteiger partial charge in [0.15, 0.2) is 6.61 Å². The third kappa shape index (κ3) is 5.05. The van der Waals surface area contributed by atoms with Crippen molar-refractivity contribution in [2.24, 2.45) is 0 Å². The molecule has 0 atom stereocenters. The van der Waals surface area contributed by atoms with Crippen molar-refractivity contribution in [3.05, 3.63) is 63.7 Å². The summed E-state index contributed by atoms with van der Waals surface area (Å²) in [6.45, 7) is 8.04. The second kappa shape index (κ2) is 9.32. The molecular formula is C24H29NO5S. The summed E-state index contributed by atoms with van der Waals surface area (Å²) in [6, 6.07) is 8.21. The van der Waals surface area contributed by atoms with Gasteiger partial charge >= 0.3 is 5.97 Å². The summed E-state index contributed by atoms with van der Waals surface area (Å²) >= 11 is 0. The number of ether oxygens (including phenoxy) is 1. The molecule has 1 aliphatic rings. The van der Waals surface area contributed by atoms with Crippen LogP contribution in [0.1, 0.15) is 62.2 Å². The molecule has 0 aromatic heterocycles. The van der Waals surface area contributed by atoms with Gasteiger partial charge in [0.1, 0.15) is 0 Å². The van der Waals surface area contributed by atoms with Gasteiger partial charge in [-0.1, -0.05) is 18.6 Å². The lowest BCUT2D eigenvalue weighted by Crippen LogP contribution is -2.35. The molecule has 1 fully saturated rings. The quantitative estimate of drug-likeness (QED) is 0.495. The number of piperidine rings is 1. The van der Waals surface area contributed by atoms with E-state index in [0.717, 1.165) is 36.0 Å². The van der Waals surface area contributed by atoms with Crippen LogP contribution in [0.3, 0.4) is 0 Å². The second-order valence-electron chi connectivity index (χ2n) is 8.19. The number of aryl methyl sites for hydroxylation is 4. The van der Waals surface area contributed by atoms with Crippen molar-refractivity contribution in [1.82, 2.24) is 4.31 Å². The van der Waals surface area contributed by atoms with Crippen molar-refractivity contribution in [3.8, 4) is 0 Å². The Hall–Kier alpha value is -2.51.